The third kappa shape index (κ3) is 3.41. The number of nitrogens with one attached hydrogen (secondary N) is 1. The van der Waals surface area contributed by atoms with Crippen molar-refractivity contribution in [2.75, 3.05) is 13.1 Å². The van der Waals surface area contributed by atoms with Gasteiger partial charge in [-0.05, 0) is 88.1 Å². The van der Waals surface area contributed by atoms with Gasteiger partial charge in [-0.1, -0.05) is 0 Å². The Hall–Kier alpha value is -2.01. The Labute approximate surface area is 166 Å². The van der Waals surface area contributed by atoms with Crippen molar-refractivity contribution in [1.82, 2.24) is 15.2 Å². The third-order valence-electron chi connectivity index (χ3n) is 6.69. The number of carbonyl (C=O) groups is 1. The Bertz CT molecular complexity index is 881. The summed E-state index contributed by atoms with van der Waals surface area (Å²) in [5.41, 5.74) is 1.60. The number of likely N-dealkylation sites (tertiary alicyclic amines) is 1. The highest BCUT2D eigenvalue weighted by Crippen LogP contribution is 2.48. The van der Waals surface area contributed by atoms with Crippen molar-refractivity contribution in [1.29, 1.82) is 0 Å². The van der Waals surface area contributed by atoms with Crippen molar-refractivity contribution < 1.29 is 9.18 Å². The van der Waals surface area contributed by atoms with E-state index in [1.54, 1.807) is 12.1 Å². The Balaban J connectivity index is 1.49. The largest absolute Gasteiger partial charge is 0.352 e. The van der Waals surface area contributed by atoms with Gasteiger partial charge in [-0.2, -0.15) is 0 Å². The van der Waals surface area contributed by atoms with Crippen LogP contribution in [0.2, 0.25) is 0 Å². The van der Waals surface area contributed by atoms with Crippen LogP contribution in [0.1, 0.15) is 52.0 Å². The molecule has 1 N–H and O–H groups in total. The van der Waals surface area contributed by atoms with Crippen molar-refractivity contribution in [2.24, 2.45) is 11.8 Å². The topological polar surface area (TPSA) is 45.2 Å². The Kier molecular flexibility index (Phi) is 4.90. The van der Waals surface area contributed by atoms with Crippen molar-refractivity contribution in [3.05, 3.63) is 41.8 Å². The monoisotopic (exact) mass is 383 g/mol. The van der Waals surface area contributed by atoms with Gasteiger partial charge in [0, 0.05) is 30.7 Å². The van der Waals surface area contributed by atoms with Gasteiger partial charge in [0.25, 0.3) is 0 Å². The molecular weight excluding hydrogens is 353 g/mol. The SMILES string of the molecule is CC(C)NC(=O)C(C)(C)N1C[C@H]2C[C@@H](c3ccnc4ccc(F)cc34)C[C@H]2C1. The number of nitrogens with zero attached hydrogens (tertiary/aromatic N) is 2. The molecule has 0 bridgehead atoms. The number of rotatable bonds is 4. The van der Waals surface area contributed by atoms with E-state index in [1.807, 2.05) is 33.9 Å². The van der Waals surface area contributed by atoms with Gasteiger partial charge in [-0.3, -0.25) is 14.7 Å². The molecule has 4 rings (SSSR count). The number of hydrogen-bond donors (Lipinski definition) is 1. The summed E-state index contributed by atoms with van der Waals surface area (Å²) >= 11 is 0. The summed E-state index contributed by atoms with van der Waals surface area (Å²) in [6.45, 7) is 9.97. The number of carbonyl (C=O) groups excluding carboxylic acids is 1. The van der Waals surface area contributed by atoms with E-state index < -0.39 is 5.54 Å². The number of halogens is 1. The fourth-order valence-corrected chi connectivity index (χ4v) is 5.09. The number of fused-ring (bicyclic) bond motifs is 2. The predicted molar refractivity (Wildman–Crippen MR) is 110 cm³/mol. The second kappa shape index (κ2) is 7.11. The molecule has 1 saturated carbocycles. The van der Waals surface area contributed by atoms with Gasteiger partial charge in [0.1, 0.15) is 5.82 Å². The van der Waals surface area contributed by atoms with E-state index in [4.69, 9.17) is 0 Å². The maximum absolute atomic E-state index is 13.8. The molecule has 2 aromatic rings. The molecule has 5 heteroatoms. The van der Waals surface area contributed by atoms with E-state index >= 15 is 0 Å². The van der Waals surface area contributed by atoms with E-state index in [9.17, 15) is 9.18 Å². The number of hydrogen-bond acceptors (Lipinski definition) is 3. The van der Waals surface area contributed by atoms with Gasteiger partial charge in [-0.25, -0.2) is 4.39 Å². The van der Waals surface area contributed by atoms with Gasteiger partial charge >= 0.3 is 0 Å². The lowest BCUT2D eigenvalue weighted by atomic mass is 9.92. The smallest absolute Gasteiger partial charge is 0.240 e. The zero-order chi connectivity index (χ0) is 20.1. The second-order valence-electron chi connectivity index (χ2n) is 9.34. The molecule has 2 aliphatic rings. The van der Waals surface area contributed by atoms with E-state index in [0.717, 1.165) is 36.8 Å². The lowest BCUT2D eigenvalue weighted by Gasteiger charge is -2.35. The first kappa shape index (κ1) is 19.3. The van der Waals surface area contributed by atoms with Crippen LogP contribution in [0.4, 0.5) is 4.39 Å². The van der Waals surface area contributed by atoms with Gasteiger partial charge in [0.05, 0.1) is 11.1 Å². The van der Waals surface area contributed by atoms with E-state index in [-0.39, 0.29) is 17.8 Å². The molecule has 2 fully saturated rings. The summed E-state index contributed by atoms with van der Waals surface area (Å²) in [6.07, 6.45) is 4.03. The number of pyridine rings is 1. The fraction of sp³-hybridized carbons (Fsp3) is 0.565. The Morgan fingerprint density at radius 1 is 1.21 bits per heavy atom. The van der Waals surface area contributed by atoms with Crippen LogP contribution >= 0.6 is 0 Å². The average Bonchev–Trinajstić information content (AvgIpc) is 3.20. The van der Waals surface area contributed by atoms with E-state index in [0.29, 0.717) is 17.8 Å². The number of benzene rings is 1. The maximum atomic E-state index is 13.8. The Morgan fingerprint density at radius 3 is 2.54 bits per heavy atom. The van der Waals surface area contributed by atoms with Crippen molar-refractivity contribution >= 4 is 16.8 Å². The molecule has 0 unspecified atom stereocenters. The standard InChI is InChI=1S/C23H30FN3O/c1-14(2)26-22(28)23(3,4)27-12-16-9-15(10-17(16)13-27)19-7-8-25-21-6-5-18(24)11-20(19)21/h5-8,11,14-17H,9-10,12-13H2,1-4H3,(H,26,28)/t15-,16-,17+. The first-order valence-electron chi connectivity index (χ1n) is 10.4. The summed E-state index contributed by atoms with van der Waals surface area (Å²) in [5.74, 6) is 1.52. The molecular formula is C23H30FN3O. The molecule has 1 aliphatic heterocycles. The molecule has 3 atom stereocenters. The molecule has 0 radical (unpaired) electrons. The molecule has 1 aliphatic carbocycles. The minimum absolute atomic E-state index is 0.106. The van der Waals surface area contributed by atoms with Crippen LogP contribution in [0.3, 0.4) is 0 Å². The lowest BCUT2D eigenvalue weighted by Crippen LogP contribution is -2.55. The maximum Gasteiger partial charge on any atom is 0.240 e. The van der Waals surface area contributed by atoms with Crippen LogP contribution in [-0.4, -0.2) is 40.5 Å². The molecule has 2 heterocycles. The van der Waals surface area contributed by atoms with Crippen LogP contribution in [0.25, 0.3) is 10.9 Å². The summed E-state index contributed by atoms with van der Waals surface area (Å²) in [7, 11) is 0. The van der Waals surface area contributed by atoms with Gasteiger partial charge in [0.2, 0.25) is 5.91 Å². The Morgan fingerprint density at radius 2 is 1.89 bits per heavy atom. The van der Waals surface area contributed by atoms with E-state index in [1.165, 1.54) is 11.6 Å². The highest BCUT2D eigenvalue weighted by atomic mass is 19.1. The number of aromatic nitrogens is 1. The molecule has 0 spiro atoms. The van der Waals surface area contributed by atoms with Crippen molar-refractivity contribution in [3.8, 4) is 0 Å². The highest BCUT2D eigenvalue weighted by molar-refractivity contribution is 5.85. The van der Waals surface area contributed by atoms with Gasteiger partial charge in [-0.15, -0.1) is 0 Å². The third-order valence-corrected chi connectivity index (χ3v) is 6.69. The predicted octanol–water partition coefficient (Wildman–Crippen LogP) is 4.10. The molecule has 28 heavy (non-hydrogen) atoms. The quantitative estimate of drug-likeness (QED) is 0.864. The molecule has 4 nitrogen and oxygen atoms in total. The van der Waals surface area contributed by atoms with Crippen LogP contribution < -0.4 is 5.32 Å². The first-order chi connectivity index (χ1) is 13.3. The second-order valence-corrected chi connectivity index (χ2v) is 9.34. The molecule has 150 valence electrons. The molecule has 1 amide bonds. The zero-order valence-electron chi connectivity index (χ0n) is 17.2. The summed E-state index contributed by atoms with van der Waals surface area (Å²) in [5, 5.41) is 4.01. The number of amides is 1. The lowest BCUT2D eigenvalue weighted by molar-refractivity contribution is -0.131. The van der Waals surface area contributed by atoms with Crippen molar-refractivity contribution in [2.45, 2.75) is 58.0 Å². The van der Waals surface area contributed by atoms with E-state index in [2.05, 4.69) is 21.3 Å². The first-order valence-corrected chi connectivity index (χ1v) is 10.4. The summed E-state index contributed by atoms with van der Waals surface area (Å²) in [6, 6.07) is 7.08. The van der Waals surface area contributed by atoms with Crippen molar-refractivity contribution in [3.63, 3.8) is 0 Å². The average molecular weight is 384 g/mol. The summed E-state index contributed by atoms with van der Waals surface area (Å²) < 4.78 is 13.8. The molecule has 1 aromatic heterocycles. The van der Waals surface area contributed by atoms with Crippen LogP contribution in [0, 0.1) is 17.7 Å². The van der Waals surface area contributed by atoms with Crippen LogP contribution in [0.15, 0.2) is 30.5 Å². The van der Waals surface area contributed by atoms with Gasteiger partial charge < -0.3 is 5.32 Å². The van der Waals surface area contributed by atoms with Crippen LogP contribution in [-0.2, 0) is 4.79 Å². The summed E-state index contributed by atoms with van der Waals surface area (Å²) in [4.78, 5) is 19.4. The minimum Gasteiger partial charge on any atom is -0.352 e. The van der Waals surface area contributed by atoms with Gasteiger partial charge in [0.15, 0.2) is 0 Å². The normalized spacial score (nSPS) is 25.4. The molecule has 1 saturated heterocycles. The molecule has 1 aromatic carbocycles. The highest BCUT2D eigenvalue weighted by Gasteiger charge is 2.47. The zero-order valence-corrected chi connectivity index (χ0v) is 17.2. The fourth-order valence-electron chi connectivity index (χ4n) is 5.09. The minimum atomic E-state index is -0.489. The van der Waals surface area contributed by atoms with Crippen LogP contribution in [0.5, 0.6) is 0 Å².